The summed E-state index contributed by atoms with van der Waals surface area (Å²) in [5.74, 6) is 0. The zero-order valence-corrected chi connectivity index (χ0v) is 9.89. The third kappa shape index (κ3) is 1.66. The summed E-state index contributed by atoms with van der Waals surface area (Å²) in [4.78, 5) is 8.14. The van der Waals surface area contributed by atoms with E-state index >= 15 is 0 Å². The Kier molecular flexibility index (Phi) is 2.30. The van der Waals surface area contributed by atoms with Gasteiger partial charge in [-0.1, -0.05) is 29.3 Å². The van der Waals surface area contributed by atoms with Gasteiger partial charge in [0.25, 0.3) is 0 Å². The van der Waals surface area contributed by atoms with E-state index in [-0.39, 0.29) is 0 Å². The average molecular weight is 245 g/mol. The van der Waals surface area contributed by atoms with E-state index < -0.39 is 0 Å². The summed E-state index contributed by atoms with van der Waals surface area (Å²) < 4.78 is 1.75. The van der Waals surface area contributed by atoms with Crippen molar-refractivity contribution in [1.29, 1.82) is 0 Å². The number of nitrogens with zero attached hydrogens (tertiary/aromatic N) is 4. The molecule has 3 rings (SSSR count). The van der Waals surface area contributed by atoms with Gasteiger partial charge in [0.15, 0.2) is 5.65 Å². The van der Waals surface area contributed by atoms with Crippen molar-refractivity contribution in [3.63, 3.8) is 0 Å². The monoisotopic (exact) mass is 244 g/mol. The second kappa shape index (κ2) is 3.82. The van der Waals surface area contributed by atoms with E-state index in [9.17, 15) is 0 Å². The van der Waals surface area contributed by atoms with Crippen molar-refractivity contribution in [2.24, 2.45) is 0 Å². The minimum atomic E-state index is 0.424. The van der Waals surface area contributed by atoms with E-state index in [1.807, 2.05) is 31.2 Å². The first kappa shape index (κ1) is 10.2. The lowest BCUT2D eigenvalue weighted by molar-refractivity contribution is 0.894. The highest BCUT2D eigenvalue weighted by Crippen LogP contribution is 2.21. The maximum Gasteiger partial charge on any atom is 0.167 e. The first-order valence-electron chi connectivity index (χ1n) is 5.17. The zero-order chi connectivity index (χ0) is 11.8. The van der Waals surface area contributed by atoms with E-state index in [1.165, 1.54) is 11.9 Å². The summed E-state index contributed by atoms with van der Waals surface area (Å²) >= 11 is 5.98. The molecule has 0 atom stereocenters. The average Bonchev–Trinajstić information content (AvgIpc) is 2.75. The molecule has 2 aromatic heterocycles. The van der Waals surface area contributed by atoms with E-state index in [4.69, 9.17) is 11.6 Å². The molecule has 0 fully saturated rings. The summed E-state index contributed by atoms with van der Waals surface area (Å²) in [7, 11) is 0. The van der Waals surface area contributed by atoms with Crippen LogP contribution in [0.25, 0.3) is 16.7 Å². The number of hydrogen-bond acceptors (Lipinski definition) is 3. The number of fused-ring (bicyclic) bond motifs is 1. The largest absolute Gasteiger partial charge is 0.224 e. The quantitative estimate of drug-likeness (QED) is 0.618. The Balaban J connectivity index is 2.24. The molecule has 4 nitrogen and oxygen atoms in total. The summed E-state index contributed by atoms with van der Waals surface area (Å²) in [5, 5.41) is 5.47. The fourth-order valence-electron chi connectivity index (χ4n) is 1.69. The molecule has 0 aliphatic carbocycles. The topological polar surface area (TPSA) is 43.6 Å². The second-order valence-corrected chi connectivity index (χ2v) is 4.15. The lowest BCUT2D eigenvalue weighted by Crippen LogP contribution is -1.97. The number of benzene rings is 1. The molecule has 0 saturated carbocycles. The normalized spacial score (nSPS) is 10.9. The molecule has 0 aliphatic rings. The first-order valence-corrected chi connectivity index (χ1v) is 5.55. The van der Waals surface area contributed by atoms with Crippen LogP contribution < -0.4 is 0 Å². The molecule has 17 heavy (non-hydrogen) atoms. The van der Waals surface area contributed by atoms with Gasteiger partial charge in [0, 0.05) is 0 Å². The molecule has 84 valence electrons. The molecule has 0 radical (unpaired) electrons. The van der Waals surface area contributed by atoms with Gasteiger partial charge in [0.2, 0.25) is 0 Å². The number of aryl methyl sites for hydroxylation is 1. The third-order valence-electron chi connectivity index (χ3n) is 2.60. The summed E-state index contributed by atoms with van der Waals surface area (Å²) in [6, 6.07) is 8.06. The number of rotatable bonds is 1. The Morgan fingerprint density at radius 2 is 1.88 bits per heavy atom. The fraction of sp³-hybridized carbons (Fsp3) is 0.0833. The van der Waals surface area contributed by atoms with Gasteiger partial charge in [0.1, 0.15) is 11.5 Å². The Labute approximate surface area is 103 Å². The molecule has 0 unspecified atom stereocenters. The van der Waals surface area contributed by atoms with Gasteiger partial charge >= 0.3 is 0 Å². The molecule has 0 amide bonds. The van der Waals surface area contributed by atoms with Crippen LogP contribution in [0, 0.1) is 6.92 Å². The maximum atomic E-state index is 5.98. The molecule has 0 spiro atoms. The van der Waals surface area contributed by atoms with Crippen LogP contribution in [0.4, 0.5) is 0 Å². The predicted octanol–water partition coefficient (Wildman–Crippen LogP) is 2.78. The Hall–Kier alpha value is -1.94. The minimum absolute atomic E-state index is 0.424. The highest BCUT2D eigenvalue weighted by atomic mass is 35.5. The van der Waals surface area contributed by atoms with Gasteiger partial charge in [-0.3, -0.25) is 0 Å². The molecular formula is C12H9ClN4. The van der Waals surface area contributed by atoms with Crippen molar-refractivity contribution in [2.45, 2.75) is 6.92 Å². The smallest absolute Gasteiger partial charge is 0.167 e. The minimum Gasteiger partial charge on any atom is -0.224 e. The Morgan fingerprint density at radius 3 is 2.65 bits per heavy atom. The molecule has 2 heterocycles. The van der Waals surface area contributed by atoms with Crippen LogP contribution in [0.15, 0.2) is 36.8 Å². The molecule has 0 saturated heterocycles. The van der Waals surface area contributed by atoms with Crippen LogP contribution in [-0.4, -0.2) is 19.7 Å². The van der Waals surface area contributed by atoms with E-state index in [0.29, 0.717) is 10.8 Å². The number of hydrogen-bond donors (Lipinski definition) is 0. The lowest BCUT2D eigenvalue weighted by atomic mass is 10.2. The predicted molar refractivity (Wildman–Crippen MR) is 66.4 cm³/mol. The van der Waals surface area contributed by atoms with Gasteiger partial charge < -0.3 is 0 Å². The standard InChI is InChI=1S/C12H9ClN4/c1-8-2-4-9(5-3-8)17-12-10(6-16-17)11(13)14-7-15-12/h2-7H,1H3. The fourth-order valence-corrected chi connectivity index (χ4v) is 1.87. The zero-order valence-electron chi connectivity index (χ0n) is 9.13. The van der Waals surface area contributed by atoms with Crippen molar-refractivity contribution in [2.75, 3.05) is 0 Å². The highest BCUT2D eigenvalue weighted by Gasteiger charge is 2.08. The van der Waals surface area contributed by atoms with Gasteiger partial charge in [-0.2, -0.15) is 5.10 Å². The number of aromatic nitrogens is 4. The highest BCUT2D eigenvalue weighted by molar-refractivity contribution is 6.33. The van der Waals surface area contributed by atoms with E-state index in [2.05, 4.69) is 15.1 Å². The maximum absolute atomic E-state index is 5.98. The molecule has 1 aromatic carbocycles. The van der Waals surface area contributed by atoms with Crippen molar-refractivity contribution in [3.05, 3.63) is 47.5 Å². The van der Waals surface area contributed by atoms with Crippen LogP contribution in [0.5, 0.6) is 0 Å². The summed E-state index contributed by atoms with van der Waals surface area (Å²) in [5.41, 5.74) is 2.88. The Bertz CT molecular complexity index is 673. The lowest BCUT2D eigenvalue weighted by Gasteiger charge is -2.02. The van der Waals surface area contributed by atoms with Crippen LogP contribution in [0.2, 0.25) is 5.15 Å². The van der Waals surface area contributed by atoms with Gasteiger partial charge in [0.05, 0.1) is 17.3 Å². The molecule has 0 bridgehead atoms. The van der Waals surface area contributed by atoms with Crippen LogP contribution >= 0.6 is 11.6 Å². The molecule has 3 aromatic rings. The van der Waals surface area contributed by atoms with Crippen molar-refractivity contribution in [1.82, 2.24) is 19.7 Å². The SMILES string of the molecule is Cc1ccc(-n2ncc3c(Cl)ncnc32)cc1. The van der Waals surface area contributed by atoms with E-state index in [0.717, 1.165) is 11.1 Å². The van der Waals surface area contributed by atoms with Crippen molar-refractivity contribution >= 4 is 22.6 Å². The summed E-state index contributed by atoms with van der Waals surface area (Å²) in [6.07, 6.45) is 3.12. The third-order valence-corrected chi connectivity index (χ3v) is 2.90. The second-order valence-electron chi connectivity index (χ2n) is 3.79. The van der Waals surface area contributed by atoms with Crippen molar-refractivity contribution in [3.8, 4) is 5.69 Å². The number of halogens is 1. The van der Waals surface area contributed by atoms with Crippen LogP contribution in [0.1, 0.15) is 5.56 Å². The van der Waals surface area contributed by atoms with E-state index in [1.54, 1.807) is 10.9 Å². The molecular weight excluding hydrogens is 236 g/mol. The van der Waals surface area contributed by atoms with Gasteiger partial charge in [-0.05, 0) is 19.1 Å². The van der Waals surface area contributed by atoms with Crippen LogP contribution in [0.3, 0.4) is 0 Å². The Morgan fingerprint density at radius 1 is 1.12 bits per heavy atom. The molecule has 0 N–H and O–H groups in total. The summed E-state index contributed by atoms with van der Waals surface area (Å²) in [6.45, 7) is 2.05. The molecule has 5 heteroatoms. The molecule has 0 aliphatic heterocycles. The first-order chi connectivity index (χ1) is 8.25. The van der Waals surface area contributed by atoms with Crippen LogP contribution in [-0.2, 0) is 0 Å². The van der Waals surface area contributed by atoms with Crippen molar-refractivity contribution < 1.29 is 0 Å². The van der Waals surface area contributed by atoms with Gasteiger partial charge in [-0.25, -0.2) is 14.6 Å². The van der Waals surface area contributed by atoms with Gasteiger partial charge in [-0.15, -0.1) is 0 Å².